The molecule has 0 aromatic heterocycles. The summed E-state index contributed by atoms with van der Waals surface area (Å²) in [6.07, 6.45) is 1.79. The first-order chi connectivity index (χ1) is 2.91. The Labute approximate surface area is 43.8 Å². The van der Waals surface area contributed by atoms with Gasteiger partial charge in [-0.3, -0.25) is 0 Å². The summed E-state index contributed by atoms with van der Waals surface area (Å²) in [5.41, 5.74) is 0. The predicted octanol–water partition coefficient (Wildman–Crippen LogP) is 0.997. The molecule has 2 heteroatoms. The molecule has 0 unspecified atom stereocenters. The molecule has 0 saturated carbocycles. The Kier molecular flexibility index (Phi) is 4.80. The molecule has 0 heterocycles. The van der Waals surface area contributed by atoms with Gasteiger partial charge in [-0.1, -0.05) is 0 Å². The Morgan fingerprint density at radius 1 is 1.83 bits per heavy atom. The molecule has 0 spiro atoms. The van der Waals surface area contributed by atoms with Gasteiger partial charge in [0, 0.05) is 12.7 Å². The molecule has 0 atom stereocenters. The minimum atomic E-state index is 0.969. The molecule has 0 rings (SSSR count). The van der Waals surface area contributed by atoms with Crippen LogP contribution in [0.15, 0.2) is 11.6 Å². The summed E-state index contributed by atoms with van der Waals surface area (Å²) in [6.45, 7) is 3.00. The molecule has 1 nitrogen and oxygen atoms in total. The lowest BCUT2D eigenvalue weighted by Gasteiger charge is -1.85. The SMILES string of the molecule is CCN/C=C\S. The summed E-state index contributed by atoms with van der Waals surface area (Å²) in [4.78, 5) is 0. The highest BCUT2D eigenvalue weighted by atomic mass is 32.1. The van der Waals surface area contributed by atoms with E-state index in [9.17, 15) is 0 Å². The Morgan fingerprint density at radius 3 is 2.67 bits per heavy atom. The van der Waals surface area contributed by atoms with Gasteiger partial charge in [-0.25, -0.2) is 0 Å². The molecule has 0 amide bonds. The predicted molar refractivity (Wildman–Crippen MR) is 31.8 cm³/mol. The van der Waals surface area contributed by atoms with Gasteiger partial charge < -0.3 is 5.32 Å². The first kappa shape index (κ1) is 5.89. The molecule has 1 N–H and O–H groups in total. The summed E-state index contributed by atoms with van der Waals surface area (Å²) in [7, 11) is 0. The standard InChI is InChI=1S/C4H9NS/c1-2-5-3-4-6/h3-6H,2H2,1H3/b4-3-. The number of nitrogens with one attached hydrogen (secondary N) is 1. The van der Waals surface area contributed by atoms with E-state index in [4.69, 9.17) is 0 Å². The second-order valence-electron chi connectivity index (χ2n) is 0.873. The van der Waals surface area contributed by atoms with E-state index in [-0.39, 0.29) is 0 Å². The molecule has 0 aliphatic carbocycles. The zero-order valence-corrected chi connectivity index (χ0v) is 4.70. The largest absolute Gasteiger partial charge is 0.391 e. The molecule has 0 aromatic rings. The lowest BCUT2D eigenvalue weighted by molar-refractivity contribution is 0.922. The van der Waals surface area contributed by atoms with Crippen LogP contribution in [-0.4, -0.2) is 6.54 Å². The van der Waals surface area contributed by atoms with Crippen molar-refractivity contribution in [2.45, 2.75) is 6.92 Å². The van der Waals surface area contributed by atoms with E-state index >= 15 is 0 Å². The summed E-state index contributed by atoms with van der Waals surface area (Å²) in [5, 5.41) is 4.61. The van der Waals surface area contributed by atoms with Gasteiger partial charge in [-0.2, -0.15) is 0 Å². The van der Waals surface area contributed by atoms with Crippen LogP contribution in [-0.2, 0) is 0 Å². The van der Waals surface area contributed by atoms with Gasteiger partial charge >= 0.3 is 0 Å². The Balaban J connectivity index is 2.66. The smallest absolute Gasteiger partial charge is 0.0113 e. The minimum Gasteiger partial charge on any atom is -0.391 e. The summed E-state index contributed by atoms with van der Waals surface area (Å²) in [6, 6.07) is 0. The van der Waals surface area contributed by atoms with Crippen molar-refractivity contribution >= 4 is 12.6 Å². The Morgan fingerprint density at radius 2 is 2.50 bits per heavy atom. The fourth-order valence-electron chi connectivity index (χ4n) is 0.171. The van der Waals surface area contributed by atoms with Crippen molar-refractivity contribution in [3.05, 3.63) is 11.6 Å². The minimum absolute atomic E-state index is 0.969. The van der Waals surface area contributed by atoms with Crippen LogP contribution in [0, 0.1) is 0 Å². The monoisotopic (exact) mass is 103 g/mol. The molecule has 0 bridgehead atoms. The van der Waals surface area contributed by atoms with E-state index in [1.54, 1.807) is 11.6 Å². The van der Waals surface area contributed by atoms with Crippen LogP contribution in [0.4, 0.5) is 0 Å². The van der Waals surface area contributed by atoms with Crippen LogP contribution >= 0.6 is 12.6 Å². The second-order valence-corrected chi connectivity index (χ2v) is 1.17. The third kappa shape index (κ3) is 3.89. The molecule has 36 valence electrons. The van der Waals surface area contributed by atoms with Gasteiger partial charge in [0.1, 0.15) is 0 Å². The third-order valence-electron chi connectivity index (χ3n) is 0.397. The van der Waals surface area contributed by atoms with Gasteiger partial charge in [0.15, 0.2) is 0 Å². The van der Waals surface area contributed by atoms with Crippen LogP contribution in [0.25, 0.3) is 0 Å². The lowest BCUT2D eigenvalue weighted by Crippen LogP contribution is -2.00. The molecular formula is C4H9NS. The van der Waals surface area contributed by atoms with Crippen molar-refractivity contribution in [2.75, 3.05) is 6.54 Å². The quantitative estimate of drug-likeness (QED) is 0.497. The normalized spacial score (nSPS) is 9.67. The maximum Gasteiger partial charge on any atom is 0.0113 e. The second kappa shape index (κ2) is 4.89. The van der Waals surface area contributed by atoms with Crippen molar-refractivity contribution in [3.8, 4) is 0 Å². The van der Waals surface area contributed by atoms with E-state index in [1.807, 2.05) is 6.92 Å². The van der Waals surface area contributed by atoms with Gasteiger partial charge in [0.05, 0.1) is 0 Å². The Bertz CT molecular complexity index is 42.8. The fourth-order valence-corrected chi connectivity index (χ4v) is 0.276. The zero-order chi connectivity index (χ0) is 4.83. The maximum absolute atomic E-state index is 3.81. The summed E-state index contributed by atoms with van der Waals surface area (Å²) < 4.78 is 0. The zero-order valence-electron chi connectivity index (χ0n) is 3.81. The highest BCUT2D eigenvalue weighted by molar-refractivity contribution is 7.83. The van der Waals surface area contributed by atoms with E-state index in [1.165, 1.54) is 0 Å². The molecular weight excluding hydrogens is 94.1 g/mol. The first-order valence-corrected chi connectivity index (χ1v) is 2.46. The highest BCUT2D eigenvalue weighted by Crippen LogP contribution is 1.68. The van der Waals surface area contributed by atoms with Gasteiger partial charge in [0.25, 0.3) is 0 Å². The Hall–Kier alpha value is -0.110. The number of hydrogen-bond acceptors (Lipinski definition) is 2. The molecule has 0 radical (unpaired) electrons. The van der Waals surface area contributed by atoms with Crippen molar-refractivity contribution in [1.29, 1.82) is 0 Å². The van der Waals surface area contributed by atoms with Crippen LogP contribution in [0.5, 0.6) is 0 Å². The fraction of sp³-hybridized carbons (Fsp3) is 0.500. The van der Waals surface area contributed by atoms with Crippen LogP contribution in [0.1, 0.15) is 6.92 Å². The van der Waals surface area contributed by atoms with Gasteiger partial charge in [-0.15, -0.1) is 12.6 Å². The summed E-state index contributed by atoms with van der Waals surface area (Å²) >= 11 is 3.81. The van der Waals surface area contributed by atoms with Crippen LogP contribution in [0.2, 0.25) is 0 Å². The molecule has 0 saturated heterocycles. The van der Waals surface area contributed by atoms with E-state index in [0.717, 1.165) is 6.54 Å². The average molecular weight is 103 g/mol. The summed E-state index contributed by atoms with van der Waals surface area (Å²) in [5.74, 6) is 0. The number of rotatable bonds is 2. The van der Waals surface area contributed by atoms with Crippen LogP contribution in [0.3, 0.4) is 0 Å². The van der Waals surface area contributed by atoms with E-state index in [2.05, 4.69) is 17.9 Å². The molecule has 0 aromatic carbocycles. The van der Waals surface area contributed by atoms with Crippen molar-refractivity contribution < 1.29 is 0 Å². The highest BCUT2D eigenvalue weighted by Gasteiger charge is 1.58. The molecule has 0 fully saturated rings. The number of hydrogen-bond donors (Lipinski definition) is 2. The van der Waals surface area contributed by atoms with Gasteiger partial charge in [-0.05, 0) is 12.3 Å². The molecule has 0 aliphatic rings. The number of thiol groups is 1. The lowest BCUT2D eigenvalue weighted by atomic mass is 10.7. The van der Waals surface area contributed by atoms with E-state index < -0.39 is 0 Å². The third-order valence-corrected chi connectivity index (χ3v) is 0.546. The molecule has 6 heavy (non-hydrogen) atoms. The topological polar surface area (TPSA) is 12.0 Å². The van der Waals surface area contributed by atoms with Crippen molar-refractivity contribution in [2.24, 2.45) is 0 Å². The first-order valence-electron chi connectivity index (χ1n) is 1.94. The maximum atomic E-state index is 3.81. The van der Waals surface area contributed by atoms with Crippen LogP contribution < -0.4 is 5.32 Å². The average Bonchev–Trinajstić information content (AvgIpc) is 1.61. The van der Waals surface area contributed by atoms with Gasteiger partial charge in [0.2, 0.25) is 0 Å². The van der Waals surface area contributed by atoms with Crippen molar-refractivity contribution in [1.82, 2.24) is 5.32 Å². The van der Waals surface area contributed by atoms with Crippen molar-refractivity contribution in [3.63, 3.8) is 0 Å². The molecule has 0 aliphatic heterocycles. The van der Waals surface area contributed by atoms with E-state index in [0.29, 0.717) is 0 Å².